The molecule has 0 saturated carbocycles. The van der Waals surface area contributed by atoms with E-state index in [0.29, 0.717) is 28.9 Å². The molecule has 0 spiro atoms. The molecule has 0 aliphatic carbocycles. The normalized spacial score (nSPS) is 18.4. The van der Waals surface area contributed by atoms with Crippen molar-refractivity contribution in [3.8, 4) is 12.3 Å². The van der Waals surface area contributed by atoms with Crippen LogP contribution >= 0.6 is 0 Å². The van der Waals surface area contributed by atoms with Crippen molar-refractivity contribution in [1.82, 2.24) is 15.5 Å². The monoisotopic (exact) mass is 649 g/mol. The molecule has 9 heteroatoms. The molecule has 1 saturated heterocycles. The van der Waals surface area contributed by atoms with Gasteiger partial charge in [-0.3, -0.25) is 4.90 Å². The fourth-order valence-electron chi connectivity index (χ4n) is 6.72. The molecule has 2 heterocycles. The van der Waals surface area contributed by atoms with Crippen LogP contribution in [0.25, 0.3) is 0 Å². The number of hydrogen-bond donors (Lipinski definition) is 2. The van der Waals surface area contributed by atoms with Gasteiger partial charge in [0.05, 0.1) is 42.5 Å². The summed E-state index contributed by atoms with van der Waals surface area (Å²) in [5.41, 5.74) is 4.97. The molecule has 2 aliphatic rings. The maximum absolute atomic E-state index is 14.1. The Morgan fingerprint density at radius 3 is 2.19 bits per heavy atom. The van der Waals surface area contributed by atoms with Crippen molar-refractivity contribution in [1.29, 1.82) is 0 Å². The van der Waals surface area contributed by atoms with E-state index >= 15 is 0 Å². The maximum Gasteiger partial charge on any atom is 0.336 e. The molecular weight excluding hydrogens is 606 g/mol. The van der Waals surface area contributed by atoms with Crippen molar-refractivity contribution >= 4 is 11.9 Å². The average molecular weight is 650 g/mol. The summed E-state index contributed by atoms with van der Waals surface area (Å²) in [7, 11) is 4.23. The number of ether oxygens (including phenoxy) is 4. The number of dihydropyridines is 1. The van der Waals surface area contributed by atoms with Crippen LogP contribution in [-0.4, -0.2) is 76.7 Å². The first-order valence-electron chi connectivity index (χ1n) is 16.1. The van der Waals surface area contributed by atoms with Crippen LogP contribution in [0.5, 0.6) is 0 Å². The highest BCUT2D eigenvalue weighted by Gasteiger charge is 2.41. The molecule has 9 nitrogen and oxygen atoms in total. The van der Waals surface area contributed by atoms with E-state index in [9.17, 15) is 9.59 Å². The highest BCUT2D eigenvalue weighted by atomic mass is 16.7. The molecule has 1 fully saturated rings. The molecule has 5 rings (SSSR count). The van der Waals surface area contributed by atoms with Gasteiger partial charge in [0.1, 0.15) is 0 Å². The summed E-state index contributed by atoms with van der Waals surface area (Å²) < 4.78 is 22.3. The zero-order valence-corrected chi connectivity index (χ0v) is 27.9. The van der Waals surface area contributed by atoms with Gasteiger partial charge in [0.15, 0.2) is 6.29 Å². The fourth-order valence-corrected chi connectivity index (χ4v) is 6.72. The van der Waals surface area contributed by atoms with E-state index in [1.54, 1.807) is 25.1 Å². The molecule has 0 bridgehead atoms. The average Bonchev–Trinajstić information content (AvgIpc) is 3.13. The number of methoxy groups -OCH3 is 3. The predicted molar refractivity (Wildman–Crippen MR) is 183 cm³/mol. The number of nitrogens with one attached hydrogen (secondary N) is 2. The third kappa shape index (κ3) is 7.53. The van der Waals surface area contributed by atoms with E-state index in [0.717, 1.165) is 19.6 Å². The summed E-state index contributed by atoms with van der Waals surface area (Å²) >= 11 is 0. The van der Waals surface area contributed by atoms with E-state index in [4.69, 9.17) is 25.4 Å². The van der Waals surface area contributed by atoms with Crippen molar-refractivity contribution < 1.29 is 28.5 Å². The first kappa shape index (κ1) is 34.6. The standard InChI is InChI=1S/C39H43N3O6/c1-6-27-14-13-19-30(24-27)33-32(26(2)41-35(39(46-4)47-5)34(33)37(43)45-3)38(44)48-23-20-31-25-40-21-22-42(31)36(28-15-9-7-10-16-28)29-17-11-8-12-18-29/h1,7-19,24,31,33,36,39-41H,20-23,25H2,2-5H3. The number of allylic oxidation sites excluding steroid dienone is 1. The number of piperazine rings is 1. The van der Waals surface area contributed by atoms with Crippen LogP contribution in [0.3, 0.4) is 0 Å². The summed E-state index contributed by atoms with van der Waals surface area (Å²) in [6.07, 6.45) is 5.42. The first-order chi connectivity index (χ1) is 23.4. The highest BCUT2D eigenvalue weighted by Crippen LogP contribution is 2.41. The number of carbonyl (C=O) groups is 2. The van der Waals surface area contributed by atoms with E-state index in [2.05, 4.69) is 70.0 Å². The van der Waals surface area contributed by atoms with Gasteiger partial charge < -0.3 is 29.6 Å². The van der Waals surface area contributed by atoms with E-state index < -0.39 is 24.1 Å². The summed E-state index contributed by atoms with van der Waals surface area (Å²) in [6, 6.07) is 28.3. The SMILES string of the molecule is C#Cc1cccc(C2C(C(=O)OCCC3CNCCN3C(c3ccccc3)c3ccccc3)=C(C)NC(C(OC)OC)=C2C(=O)OC)c1. The Labute approximate surface area is 282 Å². The molecule has 3 aromatic carbocycles. The van der Waals surface area contributed by atoms with Gasteiger partial charge in [0, 0.05) is 51.2 Å². The number of carbonyl (C=O) groups excluding carboxylic acids is 2. The minimum atomic E-state index is -0.920. The lowest BCUT2D eigenvalue weighted by molar-refractivity contribution is -0.140. The largest absolute Gasteiger partial charge is 0.466 e. The second-order valence-corrected chi connectivity index (χ2v) is 11.7. The Morgan fingerprint density at radius 2 is 1.58 bits per heavy atom. The number of nitrogens with zero attached hydrogens (tertiary/aromatic N) is 1. The van der Waals surface area contributed by atoms with Gasteiger partial charge in [0.2, 0.25) is 0 Å². The zero-order valence-electron chi connectivity index (χ0n) is 27.9. The van der Waals surface area contributed by atoms with E-state index in [1.165, 1.54) is 32.5 Å². The van der Waals surface area contributed by atoms with Crippen molar-refractivity contribution in [3.63, 3.8) is 0 Å². The number of rotatable bonds is 12. The highest BCUT2D eigenvalue weighted by molar-refractivity contribution is 6.00. The Hall–Kier alpha value is -4.72. The lowest BCUT2D eigenvalue weighted by Gasteiger charge is -2.42. The van der Waals surface area contributed by atoms with Gasteiger partial charge in [-0.05, 0) is 42.2 Å². The van der Waals surface area contributed by atoms with Crippen LogP contribution in [-0.2, 0) is 28.5 Å². The third-order valence-corrected chi connectivity index (χ3v) is 8.91. The van der Waals surface area contributed by atoms with Gasteiger partial charge in [0.25, 0.3) is 0 Å². The molecule has 2 aliphatic heterocycles. The lowest BCUT2D eigenvalue weighted by atomic mass is 9.79. The Kier molecular flexibility index (Phi) is 11.8. The molecule has 0 aromatic heterocycles. The number of benzene rings is 3. The van der Waals surface area contributed by atoms with Crippen molar-refractivity contribution in [2.24, 2.45) is 0 Å². The summed E-state index contributed by atoms with van der Waals surface area (Å²) in [5.74, 6) is 0.615. The molecule has 0 radical (unpaired) electrons. The Bertz CT molecular complexity index is 1640. The third-order valence-electron chi connectivity index (χ3n) is 8.91. The van der Waals surface area contributed by atoms with Crippen LogP contribution < -0.4 is 10.6 Å². The molecule has 3 aromatic rings. The number of hydrogen-bond acceptors (Lipinski definition) is 9. The summed E-state index contributed by atoms with van der Waals surface area (Å²) in [6.45, 7) is 4.39. The summed E-state index contributed by atoms with van der Waals surface area (Å²) in [4.78, 5) is 30.0. The van der Waals surface area contributed by atoms with Crippen LogP contribution in [0.15, 0.2) is 107 Å². The van der Waals surface area contributed by atoms with Crippen LogP contribution in [0.1, 0.15) is 47.6 Å². The Balaban J connectivity index is 1.43. The topological polar surface area (TPSA) is 98.4 Å². The second kappa shape index (κ2) is 16.4. The smallest absolute Gasteiger partial charge is 0.336 e. The zero-order chi connectivity index (χ0) is 34.0. The van der Waals surface area contributed by atoms with Gasteiger partial charge in [-0.2, -0.15) is 0 Å². The molecule has 48 heavy (non-hydrogen) atoms. The van der Waals surface area contributed by atoms with Gasteiger partial charge in [-0.15, -0.1) is 6.42 Å². The van der Waals surface area contributed by atoms with Crippen LogP contribution in [0.2, 0.25) is 0 Å². The Morgan fingerprint density at radius 1 is 0.917 bits per heavy atom. The van der Waals surface area contributed by atoms with Gasteiger partial charge >= 0.3 is 11.9 Å². The lowest BCUT2D eigenvalue weighted by Crippen LogP contribution is -2.53. The predicted octanol–water partition coefficient (Wildman–Crippen LogP) is 4.67. The molecule has 2 unspecified atom stereocenters. The first-order valence-corrected chi connectivity index (χ1v) is 16.1. The van der Waals surface area contributed by atoms with Crippen LogP contribution in [0, 0.1) is 12.3 Å². The van der Waals surface area contributed by atoms with E-state index in [1.807, 2.05) is 18.2 Å². The van der Waals surface area contributed by atoms with Crippen molar-refractivity contribution in [3.05, 3.63) is 130 Å². The molecule has 2 N–H and O–H groups in total. The molecule has 2 atom stereocenters. The number of terminal acetylenes is 1. The second-order valence-electron chi connectivity index (χ2n) is 11.7. The minimum absolute atomic E-state index is 0.0520. The molecular formula is C39H43N3O6. The summed E-state index contributed by atoms with van der Waals surface area (Å²) in [5, 5.41) is 6.71. The van der Waals surface area contributed by atoms with E-state index in [-0.39, 0.29) is 29.8 Å². The van der Waals surface area contributed by atoms with Crippen molar-refractivity contribution in [2.45, 2.75) is 37.6 Å². The quantitative estimate of drug-likeness (QED) is 0.165. The van der Waals surface area contributed by atoms with Gasteiger partial charge in [-0.25, -0.2) is 9.59 Å². The van der Waals surface area contributed by atoms with Crippen molar-refractivity contribution in [2.75, 3.05) is 47.6 Å². The fraction of sp³-hybridized carbons (Fsp3) is 0.333. The molecule has 0 amide bonds. The van der Waals surface area contributed by atoms with Gasteiger partial charge in [-0.1, -0.05) is 78.7 Å². The number of esters is 2. The maximum atomic E-state index is 14.1. The minimum Gasteiger partial charge on any atom is -0.466 e. The molecule has 250 valence electrons. The van der Waals surface area contributed by atoms with Crippen LogP contribution in [0.4, 0.5) is 0 Å².